The molecule has 0 saturated heterocycles. The highest BCUT2D eigenvalue weighted by Crippen LogP contribution is 2.28. The number of ether oxygens (including phenoxy) is 1. The van der Waals surface area contributed by atoms with Crippen LogP contribution in [0.25, 0.3) is 0 Å². The molecule has 0 bridgehead atoms. The predicted molar refractivity (Wildman–Crippen MR) is 96.9 cm³/mol. The van der Waals surface area contributed by atoms with Gasteiger partial charge in [0.15, 0.2) is 6.61 Å². The first-order chi connectivity index (χ1) is 11.5. The zero-order chi connectivity index (χ0) is 17.5. The van der Waals surface area contributed by atoms with Gasteiger partial charge in [0.25, 0.3) is 5.91 Å². The van der Waals surface area contributed by atoms with Gasteiger partial charge in [0, 0.05) is 16.0 Å². The molecule has 126 valence electrons. The number of anilines is 1. The Bertz CT molecular complexity index is 756. The highest BCUT2D eigenvalue weighted by atomic mass is 35.5. The van der Waals surface area contributed by atoms with Crippen molar-refractivity contribution >= 4 is 52.5 Å². The second-order valence-corrected chi connectivity index (χ2v) is 6.52. The molecule has 0 aliphatic heterocycles. The van der Waals surface area contributed by atoms with Crippen molar-refractivity contribution in [2.45, 2.75) is 4.90 Å². The molecule has 0 saturated carbocycles. The first-order valence-corrected chi connectivity index (χ1v) is 8.57. The van der Waals surface area contributed by atoms with Gasteiger partial charge in [-0.15, -0.1) is 11.8 Å². The average Bonchev–Trinajstić information content (AvgIpc) is 2.55. The number of hydrogen-bond donors (Lipinski definition) is 2. The molecular formula is C16H14Cl2N2O3S. The summed E-state index contributed by atoms with van der Waals surface area (Å²) in [6, 6.07) is 11.9. The molecule has 24 heavy (non-hydrogen) atoms. The topological polar surface area (TPSA) is 81.4 Å². The van der Waals surface area contributed by atoms with Crippen molar-refractivity contribution in [3.63, 3.8) is 0 Å². The van der Waals surface area contributed by atoms with Crippen molar-refractivity contribution < 1.29 is 14.3 Å². The van der Waals surface area contributed by atoms with E-state index in [1.54, 1.807) is 36.4 Å². The SMILES string of the molecule is NC(=O)CSc1ccccc1NC(=O)COc1cc(Cl)ccc1Cl. The van der Waals surface area contributed by atoms with Gasteiger partial charge >= 0.3 is 0 Å². The van der Waals surface area contributed by atoms with Crippen LogP contribution in [0.4, 0.5) is 5.69 Å². The summed E-state index contributed by atoms with van der Waals surface area (Å²) in [6.45, 7) is -0.227. The monoisotopic (exact) mass is 384 g/mol. The van der Waals surface area contributed by atoms with E-state index < -0.39 is 5.91 Å². The summed E-state index contributed by atoms with van der Waals surface area (Å²) in [6.07, 6.45) is 0. The molecule has 2 aromatic carbocycles. The third-order valence-corrected chi connectivity index (χ3v) is 4.43. The molecule has 0 atom stereocenters. The van der Waals surface area contributed by atoms with Crippen molar-refractivity contribution in [1.82, 2.24) is 0 Å². The Morgan fingerprint density at radius 3 is 2.67 bits per heavy atom. The third-order valence-electron chi connectivity index (χ3n) is 2.78. The van der Waals surface area contributed by atoms with E-state index in [2.05, 4.69) is 5.32 Å². The van der Waals surface area contributed by atoms with Crippen LogP contribution in [0.5, 0.6) is 5.75 Å². The lowest BCUT2D eigenvalue weighted by Crippen LogP contribution is -2.20. The molecule has 2 amide bonds. The number of thioether (sulfide) groups is 1. The maximum absolute atomic E-state index is 12.1. The normalized spacial score (nSPS) is 10.2. The summed E-state index contributed by atoms with van der Waals surface area (Å²) < 4.78 is 5.38. The second kappa shape index (κ2) is 8.82. The Hall–Kier alpha value is -1.89. The van der Waals surface area contributed by atoms with Crippen LogP contribution >= 0.6 is 35.0 Å². The summed E-state index contributed by atoms with van der Waals surface area (Å²) in [5, 5.41) is 3.55. The number of carbonyl (C=O) groups excluding carboxylic acids is 2. The van der Waals surface area contributed by atoms with Gasteiger partial charge < -0.3 is 15.8 Å². The minimum absolute atomic E-state index is 0.126. The number of benzene rings is 2. The standard InChI is InChI=1S/C16H14Cl2N2O3S/c17-10-5-6-11(18)13(7-10)23-8-16(22)20-12-3-1-2-4-14(12)24-9-15(19)21/h1-7H,8-9H2,(H2,19,21)(H,20,22). The van der Waals surface area contributed by atoms with Crippen molar-refractivity contribution in [1.29, 1.82) is 0 Å². The maximum Gasteiger partial charge on any atom is 0.262 e. The molecule has 0 aromatic heterocycles. The van der Waals surface area contributed by atoms with Crippen LogP contribution in [-0.4, -0.2) is 24.2 Å². The second-order valence-electron chi connectivity index (χ2n) is 4.66. The van der Waals surface area contributed by atoms with Gasteiger partial charge in [-0.1, -0.05) is 35.3 Å². The summed E-state index contributed by atoms with van der Waals surface area (Å²) in [4.78, 5) is 23.7. The van der Waals surface area contributed by atoms with E-state index in [4.69, 9.17) is 33.7 Å². The number of para-hydroxylation sites is 1. The summed E-state index contributed by atoms with van der Waals surface area (Å²) >= 11 is 13.1. The van der Waals surface area contributed by atoms with Gasteiger partial charge in [0.05, 0.1) is 16.5 Å². The fourth-order valence-electron chi connectivity index (χ4n) is 1.76. The van der Waals surface area contributed by atoms with Crippen molar-refractivity contribution in [2.24, 2.45) is 5.73 Å². The molecule has 2 aromatic rings. The smallest absolute Gasteiger partial charge is 0.262 e. The lowest BCUT2D eigenvalue weighted by Gasteiger charge is -2.11. The van der Waals surface area contributed by atoms with E-state index in [1.807, 2.05) is 0 Å². The first kappa shape index (κ1) is 18.4. The predicted octanol–water partition coefficient (Wildman–Crippen LogP) is 3.59. The molecule has 0 spiro atoms. The number of hydrogen-bond acceptors (Lipinski definition) is 4. The van der Waals surface area contributed by atoms with Gasteiger partial charge in [-0.05, 0) is 24.3 Å². The van der Waals surface area contributed by atoms with Crippen LogP contribution in [-0.2, 0) is 9.59 Å². The Morgan fingerprint density at radius 1 is 1.17 bits per heavy atom. The van der Waals surface area contributed by atoms with Gasteiger partial charge in [-0.2, -0.15) is 0 Å². The Morgan fingerprint density at radius 2 is 1.92 bits per heavy atom. The van der Waals surface area contributed by atoms with E-state index >= 15 is 0 Å². The van der Waals surface area contributed by atoms with Gasteiger partial charge in [0.1, 0.15) is 5.75 Å². The minimum atomic E-state index is -0.430. The number of amides is 2. The number of rotatable bonds is 7. The van der Waals surface area contributed by atoms with Crippen LogP contribution in [0.3, 0.4) is 0 Å². The minimum Gasteiger partial charge on any atom is -0.482 e. The Labute approximate surface area is 153 Å². The van der Waals surface area contributed by atoms with E-state index in [0.29, 0.717) is 21.5 Å². The zero-order valence-corrected chi connectivity index (χ0v) is 14.8. The fourth-order valence-corrected chi connectivity index (χ4v) is 2.84. The van der Waals surface area contributed by atoms with E-state index in [1.165, 1.54) is 17.8 Å². The molecule has 0 fully saturated rings. The number of halogens is 2. The average molecular weight is 385 g/mol. The largest absolute Gasteiger partial charge is 0.482 e. The van der Waals surface area contributed by atoms with Crippen LogP contribution in [0.1, 0.15) is 0 Å². The van der Waals surface area contributed by atoms with Gasteiger partial charge in [0.2, 0.25) is 5.91 Å². The quantitative estimate of drug-likeness (QED) is 0.714. The molecule has 0 aliphatic carbocycles. The van der Waals surface area contributed by atoms with Crippen molar-refractivity contribution in [2.75, 3.05) is 17.7 Å². The Balaban J connectivity index is 1.97. The number of carbonyl (C=O) groups is 2. The molecule has 8 heteroatoms. The molecule has 0 unspecified atom stereocenters. The molecule has 0 heterocycles. The van der Waals surface area contributed by atoms with Gasteiger partial charge in [-0.25, -0.2) is 0 Å². The van der Waals surface area contributed by atoms with Gasteiger partial charge in [-0.3, -0.25) is 9.59 Å². The third kappa shape index (κ3) is 5.63. The molecule has 3 N–H and O–H groups in total. The molecule has 0 aliphatic rings. The lowest BCUT2D eigenvalue weighted by molar-refractivity contribution is -0.118. The molecule has 2 rings (SSSR count). The van der Waals surface area contributed by atoms with Crippen molar-refractivity contribution in [3.05, 3.63) is 52.5 Å². The van der Waals surface area contributed by atoms with Crippen LogP contribution in [0.15, 0.2) is 47.4 Å². The number of nitrogens with one attached hydrogen (secondary N) is 1. The first-order valence-electron chi connectivity index (χ1n) is 6.83. The van der Waals surface area contributed by atoms with Crippen molar-refractivity contribution in [3.8, 4) is 5.75 Å². The summed E-state index contributed by atoms with van der Waals surface area (Å²) in [5.41, 5.74) is 5.72. The fraction of sp³-hybridized carbons (Fsp3) is 0.125. The zero-order valence-electron chi connectivity index (χ0n) is 12.4. The molecule has 5 nitrogen and oxygen atoms in total. The van der Waals surface area contributed by atoms with Crippen LogP contribution in [0, 0.1) is 0 Å². The molecular weight excluding hydrogens is 371 g/mol. The van der Waals surface area contributed by atoms with E-state index in [0.717, 1.165) is 4.90 Å². The maximum atomic E-state index is 12.1. The lowest BCUT2D eigenvalue weighted by atomic mass is 10.3. The number of primary amides is 1. The summed E-state index contributed by atoms with van der Waals surface area (Å²) in [5.74, 6) is -0.337. The highest BCUT2D eigenvalue weighted by molar-refractivity contribution is 8.00. The van der Waals surface area contributed by atoms with E-state index in [-0.39, 0.29) is 18.3 Å². The van der Waals surface area contributed by atoms with Crippen LogP contribution in [0.2, 0.25) is 10.0 Å². The van der Waals surface area contributed by atoms with E-state index in [9.17, 15) is 9.59 Å². The Kier molecular flexibility index (Phi) is 6.78. The molecule has 0 radical (unpaired) electrons. The summed E-state index contributed by atoms with van der Waals surface area (Å²) in [7, 11) is 0. The van der Waals surface area contributed by atoms with Crippen LogP contribution < -0.4 is 15.8 Å². The number of nitrogens with two attached hydrogens (primary N) is 1. The highest BCUT2D eigenvalue weighted by Gasteiger charge is 2.10.